The van der Waals surface area contributed by atoms with Gasteiger partial charge in [-0.2, -0.15) is 0 Å². The van der Waals surface area contributed by atoms with Gasteiger partial charge < -0.3 is 15.7 Å². The molecule has 0 bridgehead atoms. The topological polar surface area (TPSA) is 83.6 Å². The lowest BCUT2D eigenvalue weighted by Crippen LogP contribution is -2.40. The molecule has 2 atom stereocenters. The van der Waals surface area contributed by atoms with E-state index in [1.807, 2.05) is 0 Å². The maximum atomic E-state index is 12.2. The summed E-state index contributed by atoms with van der Waals surface area (Å²) >= 11 is 0. The average molecular weight is 284 g/mol. The van der Waals surface area contributed by atoms with E-state index in [2.05, 4.69) is 20.8 Å². The fourth-order valence-corrected chi connectivity index (χ4v) is 2.97. The molecule has 0 spiro atoms. The largest absolute Gasteiger partial charge is 0.480 e. The summed E-state index contributed by atoms with van der Waals surface area (Å²) in [6, 6.07) is -0.620. The van der Waals surface area contributed by atoms with Crippen LogP contribution in [0.5, 0.6) is 0 Å². The van der Waals surface area contributed by atoms with E-state index in [1.165, 1.54) is 4.90 Å². The van der Waals surface area contributed by atoms with Crippen LogP contribution in [0, 0.1) is 11.3 Å². The van der Waals surface area contributed by atoms with Crippen molar-refractivity contribution in [1.29, 1.82) is 0 Å². The standard InChI is InChI=1S/C15H28N2O3/c1-15(2,3)11(8-9-16)6-7-13(18)17-10-4-5-12(17)14(19)20/h11-12H,4-10,16H2,1-3H3,(H,19,20)/t11?,12-/m1/s1. The third-order valence-corrected chi connectivity index (χ3v) is 4.30. The first-order valence-corrected chi connectivity index (χ1v) is 7.49. The highest BCUT2D eigenvalue weighted by molar-refractivity contribution is 5.84. The zero-order valence-corrected chi connectivity index (χ0v) is 12.9. The molecule has 0 aromatic rings. The molecule has 116 valence electrons. The molecule has 1 heterocycles. The van der Waals surface area contributed by atoms with Crippen molar-refractivity contribution >= 4 is 11.9 Å². The van der Waals surface area contributed by atoms with E-state index >= 15 is 0 Å². The average Bonchev–Trinajstić information content (AvgIpc) is 2.81. The number of likely N-dealkylation sites (tertiary alicyclic amines) is 1. The van der Waals surface area contributed by atoms with Crippen LogP contribution in [-0.4, -0.2) is 41.0 Å². The summed E-state index contributed by atoms with van der Waals surface area (Å²) < 4.78 is 0. The molecule has 1 rings (SSSR count). The fourth-order valence-electron chi connectivity index (χ4n) is 2.97. The predicted molar refractivity (Wildman–Crippen MR) is 78.2 cm³/mol. The SMILES string of the molecule is CC(C)(C)C(CCN)CCC(=O)N1CCC[C@@H]1C(=O)O. The number of carbonyl (C=O) groups is 2. The number of hydrogen-bond acceptors (Lipinski definition) is 3. The first kappa shape index (κ1) is 17.0. The van der Waals surface area contributed by atoms with Crippen LogP contribution >= 0.6 is 0 Å². The van der Waals surface area contributed by atoms with Gasteiger partial charge >= 0.3 is 5.97 Å². The summed E-state index contributed by atoms with van der Waals surface area (Å²) in [5.74, 6) is -0.520. The molecular formula is C15H28N2O3. The van der Waals surface area contributed by atoms with Crippen molar-refractivity contribution in [2.45, 2.75) is 58.9 Å². The Kier molecular flexibility index (Phi) is 5.99. The minimum Gasteiger partial charge on any atom is -0.480 e. The van der Waals surface area contributed by atoms with Crippen LogP contribution in [0.25, 0.3) is 0 Å². The number of carboxylic acids is 1. The molecule has 20 heavy (non-hydrogen) atoms. The third kappa shape index (κ3) is 4.47. The van der Waals surface area contributed by atoms with Crippen molar-refractivity contribution in [3.05, 3.63) is 0 Å². The minimum atomic E-state index is -0.884. The number of carbonyl (C=O) groups excluding carboxylic acids is 1. The van der Waals surface area contributed by atoms with Gasteiger partial charge in [0, 0.05) is 13.0 Å². The highest BCUT2D eigenvalue weighted by Gasteiger charge is 2.34. The second kappa shape index (κ2) is 7.07. The fraction of sp³-hybridized carbons (Fsp3) is 0.867. The van der Waals surface area contributed by atoms with Crippen LogP contribution in [0.15, 0.2) is 0 Å². The van der Waals surface area contributed by atoms with Gasteiger partial charge in [-0.1, -0.05) is 20.8 Å². The number of aliphatic carboxylic acids is 1. The molecule has 0 aromatic carbocycles. The van der Waals surface area contributed by atoms with Gasteiger partial charge in [0.25, 0.3) is 0 Å². The van der Waals surface area contributed by atoms with Crippen LogP contribution in [0.2, 0.25) is 0 Å². The minimum absolute atomic E-state index is 0.0267. The summed E-state index contributed by atoms with van der Waals surface area (Å²) in [5.41, 5.74) is 5.77. The lowest BCUT2D eigenvalue weighted by atomic mass is 9.76. The van der Waals surface area contributed by atoms with E-state index in [0.717, 1.165) is 19.3 Å². The lowest BCUT2D eigenvalue weighted by Gasteiger charge is -2.31. The van der Waals surface area contributed by atoms with Crippen LogP contribution in [0.4, 0.5) is 0 Å². The smallest absolute Gasteiger partial charge is 0.326 e. The molecular weight excluding hydrogens is 256 g/mol. The van der Waals surface area contributed by atoms with Crippen molar-refractivity contribution in [2.75, 3.05) is 13.1 Å². The maximum absolute atomic E-state index is 12.2. The number of rotatable bonds is 6. The van der Waals surface area contributed by atoms with Crippen LogP contribution in [-0.2, 0) is 9.59 Å². The Labute approximate surface area is 121 Å². The molecule has 1 fully saturated rings. The monoisotopic (exact) mass is 284 g/mol. The Balaban J connectivity index is 2.55. The van der Waals surface area contributed by atoms with E-state index in [0.29, 0.717) is 31.8 Å². The molecule has 0 aliphatic carbocycles. The van der Waals surface area contributed by atoms with Crippen LogP contribution in [0.3, 0.4) is 0 Å². The molecule has 0 radical (unpaired) electrons. The zero-order chi connectivity index (χ0) is 15.3. The first-order chi connectivity index (χ1) is 9.27. The highest BCUT2D eigenvalue weighted by Crippen LogP contribution is 2.32. The van der Waals surface area contributed by atoms with Crippen molar-refractivity contribution in [3.63, 3.8) is 0 Å². The van der Waals surface area contributed by atoms with E-state index in [-0.39, 0.29) is 11.3 Å². The van der Waals surface area contributed by atoms with Gasteiger partial charge in [-0.25, -0.2) is 4.79 Å². The third-order valence-electron chi connectivity index (χ3n) is 4.30. The van der Waals surface area contributed by atoms with Crippen molar-refractivity contribution < 1.29 is 14.7 Å². The number of carboxylic acid groups (broad SMARTS) is 1. The quantitative estimate of drug-likeness (QED) is 0.779. The summed E-state index contributed by atoms with van der Waals surface area (Å²) in [4.78, 5) is 24.9. The molecule has 0 aromatic heterocycles. The summed E-state index contributed by atoms with van der Waals surface area (Å²) in [7, 11) is 0. The number of hydrogen-bond donors (Lipinski definition) is 2. The Morgan fingerprint density at radius 2 is 2.00 bits per heavy atom. The van der Waals surface area contributed by atoms with E-state index in [9.17, 15) is 9.59 Å². The second-order valence-corrected chi connectivity index (χ2v) is 6.76. The molecule has 1 aliphatic rings. The van der Waals surface area contributed by atoms with Gasteiger partial charge in [-0.3, -0.25) is 4.79 Å². The van der Waals surface area contributed by atoms with Crippen molar-refractivity contribution in [1.82, 2.24) is 4.90 Å². The van der Waals surface area contributed by atoms with Gasteiger partial charge in [0.15, 0.2) is 0 Å². The first-order valence-electron chi connectivity index (χ1n) is 7.49. The maximum Gasteiger partial charge on any atom is 0.326 e. The number of nitrogens with two attached hydrogens (primary N) is 1. The summed E-state index contributed by atoms with van der Waals surface area (Å²) in [6.07, 6.45) is 3.47. The second-order valence-electron chi connectivity index (χ2n) is 6.76. The molecule has 5 heteroatoms. The molecule has 1 amide bonds. The normalized spacial score (nSPS) is 21.0. The van der Waals surface area contributed by atoms with Crippen molar-refractivity contribution in [3.8, 4) is 0 Å². The lowest BCUT2D eigenvalue weighted by molar-refractivity contribution is -0.148. The number of nitrogens with zero attached hydrogens (tertiary/aromatic N) is 1. The zero-order valence-electron chi connectivity index (χ0n) is 12.9. The predicted octanol–water partition coefficient (Wildman–Crippen LogP) is 1.85. The highest BCUT2D eigenvalue weighted by atomic mass is 16.4. The van der Waals surface area contributed by atoms with Gasteiger partial charge in [-0.15, -0.1) is 0 Å². The van der Waals surface area contributed by atoms with Gasteiger partial charge in [-0.05, 0) is 43.6 Å². The Morgan fingerprint density at radius 3 is 2.50 bits per heavy atom. The van der Waals surface area contributed by atoms with Gasteiger partial charge in [0.1, 0.15) is 6.04 Å². The molecule has 3 N–H and O–H groups in total. The molecule has 1 saturated heterocycles. The summed E-state index contributed by atoms with van der Waals surface area (Å²) in [5, 5.41) is 9.11. The van der Waals surface area contributed by atoms with Gasteiger partial charge in [0.2, 0.25) is 5.91 Å². The molecule has 0 saturated carbocycles. The summed E-state index contributed by atoms with van der Waals surface area (Å²) in [6.45, 7) is 7.68. The number of amides is 1. The molecule has 1 aliphatic heterocycles. The Hall–Kier alpha value is -1.10. The molecule has 5 nitrogen and oxygen atoms in total. The molecule has 1 unspecified atom stereocenters. The Morgan fingerprint density at radius 1 is 1.35 bits per heavy atom. The van der Waals surface area contributed by atoms with E-state index in [4.69, 9.17) is 10.8 Å². The van der Waals surface area contributed by atoms with Gasteiger partial charge in [0.05, 0.1) is 0 Å². The Bertz CT molecular complexity index is 350. The van der Waals surface area contributed by atoms with Crippen LogP contribution < -0.4 is 5.73 Å². The van der Waals surface area contributed by atoms with E-state index < -0.39 is 12.0 Å². The van der Waals surface area contributed by atoms with E-state index in [1.54, 1.807) is 0 Å². The van der Waals surface area contributed by atoms with Crippen LogP contribution in [0.1, 0.15) is 52.9 Å². The van der Waals surface area contributed by atoms with Crippen molar-refractivity contribution in [2.24, 2.45) is 17.1 Å².